The summed E-state index contributed by atoms with van der Waals surface area (Å²) in [5, 5.41) is 13.5. The predicted octanol–water partition coefficient (Wildman–Crippen LogP) is 2.60. The fourth-order valence-electron chi connectivity index (χ4n) is 2.86. The van der Waals surface area contributed by atoms with Crippen LogP contribution in [0.4, 0.5) is 5.69 Å². The van der Waals surface area contributed by atoms with E-state index >= 15 is 0 Å². The molecule has 3 rings (SSSR count). The minimum absolute atomic E-state index is 0.297. The average Bonchev–Trinajstić information content (AvgIpc) is 2.67. The number of hydrogen-bond acceptors (Lipinski definition) is 4. The standard InChI is InChI=1S/C19H23N3O2S/c1-24-18-8-2-15(3-9-18)14-20-19(25)22-12-10-21(11-13-22)16-4-6-17(23)7-5-16/h2-9,23H,10-14H2,1H3,(H,20,25). The molecule has 0 unspecified atom stereocenters. The number of phenols is 1. The summed E-state index contributed by atoms with van der Waals surface area (Å²) in [5.41, 5.74) is 2.31. The lowest BCUT2D eigenvalue weighted by Gasteiger charge is -2.37. The van der Waals surface area contributed by atoms with Gasteiger partial charge in [-0.15, -0.1) is 0 Å². The average molecular weight is 357 g/mol. The minimum Gasteiger partial charge on any atom is -0.508 e. The fourth-order valence-corrected chi connectivity index (χ4v) is 3.12. The van der Waals surface area contributed by atoms with Crippen LogP contribution in [0.5, 0.6) is 11.5 Å². The van der Waals surface area contributed by atoms with Crippen molar-refractivity contribution in [3.05, 3.63) is 54.1 Å². The molecule has 5 nitrogen and oxygen atoms in total. The molecule has 1 saturated heterocycles. The Morgan fingerprint density at radius 1 is 1.04 bits per heavy atom. The van der Waals surface area contributed by atoms with Gasteiger partial charge in [0.15, 0.2) is 5.11 Å². The number of phenolic OH excluding ortho intramolecular Hbond substituents is 1. The van der Waals surface area contributed by atoms with Gasteiger partial charge in [0, 0.05) is 38.4 Å². The summed E-state index contributed by atoms with van der Waals surface area (Å²) in [7, 11) is 1.67. The van der Waals surface area contributed by atoms with Crippen LogP contribution in [0, 0.1) is 0 Å². The molecule has 0 radical (unpaired) electrons. The van der Waals surface area contributed by atoms with Crippen LogP contribution in [-0.4, -0.2) is 48.4 Å². The number of nitrogens with one attached hydrogen (secondary N) is 1. The summed E-state index contributed by atoms with van der Waals surface area (Å²) in [4.78, 5) is 4.51. The van der Waals surface area contributed by atoms with E-state index in [-0.39, 0.29) is 0 Å². The molecular weight excluding hydrogens is 334 g/mol. The maximum absolute atomic E-state index is 9.39. The van der Waals surface area contributed by atoms with Crippen molar-refractivity contribution in [2.24, 2.45) is 0 Å². The van der Waals surface area contributed by atoms with E-state index in [1.807, 2.05) is 36.4 Å². The molecule has 132 valence electrons. The van der Waals surface area contributed by atoms with Gasteiger partial charge in [-0.3, -0.25) is 0 Å². The summed E-state index contributed by atoms with van der Waals surface area (Å²) in [6.45, 7) is 4.30. The molecule has 1 heterocycles. The maximum atomic E-state index is 9.39. The number of rotatable bonds is 4. The van der Waals surface area contributed by atoms with Crippen LogP contribution < -0.4 is 15.0 Å². The highest BCUT2D eigenvalue weighted by molar-refractivity contribution is 7.80. The zero-order valence-electron chi connectivity index (χ0n) is 14.3. The Kier molecular flexibility index (Phi) is 5.60. The Morgan fingerprint density at radius 3 is 2.28 bits per heavy atom. The summed E-state index contributed by atoms with van der Waals surface area (Å²) >= 11 is 5.53. The van der Waals surface area contributed by atoms with E-state index in [0.717, 1.165) is 42.7 Å². The Labute approximate surface area is 153 Å². The molecule has 1 aliphatic heterocycles. The van der Waals surface area contributed by atoms with E-state index in [1.165, 1.54) is 5.56 Å². The fraction of sp³-hybridized carbons (Fsp3) is 0.316. The molecule has 0 atom stereocenters. The maximum Gasteiger partial charge on any atom is 0.169 e. The number of ether oxygens (including phenoxy) is 1. The zero-order chi connectivity index (χ0) is 17.6. The van der Waals surface area contributed by atoms with Crippen molar-refractivity contribution >= 4 is 23.0 Å². The van der Waals surface area contributed by atoms with Gasteiger partial charge in [-0.25, -0.2) is 0 Å². The third-order valence-corrected chi connectivity index (χ3v) is 4.79. The number of benzene rings is 2. The van der Waals surface area contributed by atoms with Gasteiger partial charge in [0.2, 0.25) is 0 Å². The Hall–Kier alpha value is -2.47. The summed E-state index contributed by atoms with van der Waals surface area (Å²) in [5.74, 6) is 1.16. The normalized spacial score (nSPS) is 14.3. The SMILES string of the molecule is COc1ccc(CNC(=S)N2CCN(c3ccc(O)cc3)CC2)cc1. The second-order valence-corrected chi connectivity index (χ2v) is 6.38. The Bertz CT molecular complexity index is 696. The molecule has 2 aromatic rings. The van der Waals surface area contributed by atoms with Crippen LogP contribution >= 0.6 is 12.2 Å². The van der Waals surface area contributed by atoms with Crippen LogP contribution in [0.25, 0.3) is 0 Å². The summed E-state index contributed by atoms with van der Waals surface area (Å²) in [6, 6.07) is 15.3. The molecule has 0 saturated carbocycles. The smallest absolute Gasteiger partial charge is 0.169 e. The van der Waals surface area contributed by atoms with Crippen molar-refractivity contribution in [1.82, 2.24) is 10.2 Å². The van der Waals surface area contributed by atoms with E-state index in [1.54, 1.807) is 19.2 Å². The van der Waals surface area contributed by atoms with E-state index in [2.05, 4.69) is 15.1 Å². The number of nitrogens with zero attached hydrogens (tertiary/aromatic N) is 2. The van der Waals surface area contributed by atoms with Gasteiger partial charge in [0.1, 0.15) is 11.5 Å². The van der Waals surface area contributed by atoms with Gasteiger partial charge in [0.05, 0.1) is 7.11 Å². The number of anilines is 1. The molecule has 0 amide bonds. The summed E-state index contributed by atoms with van der Waals surface area (Å²) in [6.07, 6.45) is 0. The molecule has 2 N–H and O–H groups in total. The molecule has 1 aliphatic rings. The lowest BCUT2D eigenvalue weighted by Crippen LogP contribution is -2.51. The first-order valence-corrected chi connectivity index (χ1v) is 8.76. The highest BCUT2D eigenvalue weighted by Crippen LogP contribution is 2.20. The first-order chi connectivity index (χ1) is 12.2. The van der Waals surface area contributed by atoms with Crippen LogP contribution in [0.2, 0.25) is 0 Å². The molecule has 2 aromatic carbocycles. The molecular formula is C19H23N3O2S. The summed E-state index contributed by atoms with van der Waals surface area (Å²) < 4.78 is 5.17. The predicted molar refractivity (Wildman–Crippen MR) is 104 cm³/mol. The highest BCUT2D eigenvalue weighted by Gasteiger charge is 2.19. The molecule has 6 heteroatoms. The zero-order valence-corrected chi connectivity index (χ0v) is 15.1. The molecule has 1 fully saturated rings. The number of methoxy groups -OCH3 is 1. The van der Waals surface area contributed by atoms with Gasteiger partial charge in [-0.05, 0) is 54.2 Å². The van der Waals surface area contributed by atoms with Crippen molar-refractivity contribution in [3.8, 4) is 11.5 Å². The van der Waals surface area contributed by atoms with E-state index in [9.17, 15) is 5.11 Å². The third-order valence-electron chi connectivity index (χ3n) is 4.38. The molecule has 0 aromatic heterocycles. The number of aromatic hydroxyl groups is 1. The van der Waals surface area contributed by atoms with Gasteiger partial charge < -0.3 is 25.0 Å². The third kappa shape index (κ3) is 4.54. The van der Waals surface area contributed by atoms with Gasteiger partial charge in [-0.2, -0.15) is 0 Å². The van der Waals surface area contributed by atoms with Crippen molar-refractivity contribution < 1.29 is 9.84 Å². The van der Waals surface area contributed by atoms with Gasteiger partial charge in [-0.1, -0.05) is 12.1 Å². The van der Waals surface area contributed by atoms with Gasteiger partial charge in [0.25, 0.3) is 0 Å². The van der Waals surface area contributed by atoms with Crippen LogP contribution in [0.3, 0.4) is 0 Å². The number of hydrogen-bond donors (Lipinski definition) is 2. The first-order valence-electron chi connectivity index (χ1n) is 8.35. The second-order valence-electron chi connectivity index (χ2n) is 6.00. The van der Waals surface area contributed by atoms with E-state index in [0.29, 0.717) is 12.3 Å². The highest BCUT2D eigenvalue weighted by atomic mass is 32.1. The van der Waals surface area contributed by atoms with Crippen molar-refractivity contribution in [3.63, 3.8) is 0 Å². The lowest BCUT2D eigenvalue weighted by molar-refractivity contribution is 0.380. The molecule has 0 bridgehead atoms. The van der Waals surface area contributed by atoms with Crippen LogP contribution in [0.1, 0.15) is 5.56 Å². The first kappa shape index (κ1) is 17.4. The van der Waals surface area contributed by atoms with Gasteiger partial charge >= 0.3 is 0 Å². The number of thiocarbonyl (C=S) groups is 1. The van der Waals surface area contributed by atoms with Crippen LogP contribution in [-0.2, 0) is 6.54 Å². The minimum atomic E-state index is 0.297. The lowest BCUT2D eigenvalue weighted by atomic mass is 10.2. The van der Waals surface area contributed by atoms with Crippen molar-refractivity contribution in [2.75, 3.05) is 38.2 Å². The van der Waals surface area contributed by atoms with Crippen LogP contribution in [0.15, 0.2) is 48.5 Å². The second kappa shape index (κ2) is 8.07. The molecule has 0 spiro atoms. The van der Waals surface area contributed by atoms with E-state index in [4.69, 9.17) is 17.0 Å². The molecule has 0 aliphatic carbocycles. The monoisotopic (exact) mass is 357 g/mol. The number of piperazine rings is 1. The topological polar surface area (TPSA) is 48.0 Å². The van der Waals surface area contributed by atoms with Crippen molar-refractivity contribution in [2.45, 2.75) is 6.54 Å². The quantitative estimate of drug-likeness (QED) is 0.821. The molecule has 25 heavy (non-hydrogen) atoms. The Morgan fingerprint density at radius 2 is 1.68 bits per heavy atom. The van der Waals surface area contributed by atoms with Crippen molar-refractivity contribution in [1.29, 1.82) is 0 Å². The van der Waals surface area contributed by atoms with E-state index < -0.39 is 0 Å². The largest absolute Gasteiger partial charge is 0.508 e. The Balaban J connectivity index is 1.47.